The summed E-state index contributed by atoms with van der Waals surface area (Å²) in [7, 11) is 3.22. The molecule has 2 heterocycles. The van der Waals surface area contributed by atoms with Gasteiger partial charge in [-0.05, 0) is 62.4 Å². The van der Waals surface area contributed by atoms with Gasteiger partial charge in [-0.25, -0.2) is 4.98 Å². The van der Waals surface area contributed by atoms with E-state index in [9.17, 15) is 0 Å². The van der Waals surface area contributed by atoms with Crippen LogP contribution in [0.4, 0.5) is 28.6 Å². The van der Waals surface area contributed by atoms with Crippen LogP contribution in [-0.2, 0) is 0 Å². The Morgan fingerprint density at radius 3 is 1.72 bits per heavy atom. The molecule has 0 aliphatic carbocycles. The smallest absolute Gasteiger partial charge is 0.185 e. The minimum Gasteiger partial charge on any atom is -0.497 e. The Kier molecular flexibility index (Phi) is 5.75. The van der Waals surface area contributed by atoms with Crippen LogP contribution in [0.3, 0.4) is 0 Å². The van der Waals surface area contributed by atoms with E-state index in [0.29, 0.717) is 45.6 Å². The number of nitrogen functional groups attached to an aromatic ring is 1. The molecule has 0 amide bonds. The van der Waals surface area contributed by atoms with Gasteiger partial charge in [0, 0.05) is 0 Å². The van der Waals surface area contributed by atoms with Gasteiger partial charge in [-0.2, -0.15) is 19.8 Å². The van der Waals surface area contributed by atoms with Gasteiger partial charge in [-0.1, -0.05) is 0 Å². The molecule has 0 bridgehead atoms. The standard InChI is InChI=1S/C22H22N8O2/c1-13-19(27-25-15-5-9-17(31-3)10-6-15)21(23)30-22(24-13)20(14(2)29-30)28-26-16-7-11-18(32-4)12-8-16/h5-12H,23H2,1-4H3. The van der Waals surface area contributed by atoms with Crippen molar-refractivity contribution in [1.82, 2.24) is 14.6 Å². The van der Waals surface area contributed by atoms with Gasteiger partial charge < -0.3 is 15.2 Å². The fourth-order valence-electron chi connectivity index (χ4n) is 3.03. The average Bonchev–Trinajstić information content (AvgIpc) is 3.13. The SMILES string of the molecule is COc1ccc(N=Nc2c(C)nc3c(N=Nc4ccc(OC)cc4)c(C)nn3c2N)cc1. The summed E-state index contributed by atoms with van der Waals surface area (Å²) in [4.78, 5) is 4.61. The fraction of sp³-hybridized carbons (Fsp3) is 0.182. The first-order chi connectivity index (χ1) is 15.5. The van der Waals surface area contributed by atoms with Crippen LogP contribution < -0.4 is 15.2 Å². The molecule has 0 aliphatic heterocycles. The summed E-state index contributed by atoms with van der Waals surface area (Å²) in [6, 6.07) is 14.5. The molecule has 0 unspecified atom stereocenters. The molecule has 0 saturated heterocycles. The van der Waals surface area contributed by atoms with Crippen molar-refractivity contribution < 1.29 is 9.47 Å². The van der Waals surface area contributed by atoms with Crippen LogP contribution in [0.5, 0.6) is 11.5 Å². The highest BCUT2D eigenvalue weighted by molar-refractivity contribution is 5.74. The number of fused-ring (bicyclic) bond motifs is 1. The van der Waals surface area contributed by atoms with Crippen molar-refractivity contribution in [2.45, 2.75) is 13.8 Å². The Morgan fingerprint density at radius 2 is 1.22 bits per heavy atom. The molecule has 2 aromatic heterocycles. The molecule has 0 atom stereocenters. The van der Waals surface area contributed by atoms with Crippen LogP contribution in [0.15, 0.2) is 69.0 Å². The highest BCUT2D eigenvalue weighted by Crippen LogP contribution is 2.34. The second kappa shape index (κ2) is 8.80. The molecule has 4 rings (SSSR count). The van der Waals surface area contributed by atoms with Gasteiger partial charge >= 0.3 is 0 Å². The first-order valence-corrected chi connectivity index (χ1v) is 9.77. The van der Waals surface area contributed by atoms with Crippen LogP contribution >= 0.6 is 0 Å². The number of azo groups is 2. The lowest BCUT2D eigenvalue weighted by Crippen LogP contribution is -2.02. The van der Waals surface area contributed by atoms with Crippen molar-refractivity contribution in [2.24, 2.45) is 20.5 Å². The lowest BCUT2D eigenvalue weighted by Gasteiger charge is -2.05. The average molecular weight is 430 g/mol. The molecule has 4 aromatic rings. The molecule has 2 aromatic carbocycles. The Labute approximate surface area is 184 Å². The van der Waals surface area contributed by atoms with E-state index >= 15 is 0 Å². The second-order valence-electron chi connectivity index (χ2n) is 6.90. The maximum Gasteiger partial charge on any atom is 0.185 e. The number of rotatable bonds is 6. The molecule has 162 valence electrons. The van der Waals surface area contributed by atoms with E-state index < -0.39 is 0 Å². The molecular weight excluding hydrogens is 408 g/mol. The molecule has 0 aliphatic rings. The summed E-state index contributed by atoms with van der Waals surface area (Å²) in [5, 5.41) is 21.7. The third-order valence-corrected chi connectivity index (χ3v) is 4.77. The molecule has 0 radical (unpaired) electrons. The number of nitrogens with zero attached hydrogens (tertiary/aromatic N) is 7. The molecule has 32 heavy (non-hydrogen) atoms. The zero-order valence-electron chi connectivity index (χ0n) is 18.1. The zero-order valence-corrected chi connectivity index (χ0v) is 18.1. The summed E-state index contributed by atoms with van der Waals surface area (Å²) in [5.74, 6) is 1.81. The molecule has 2 N–H and O–H groups in total. The third-order valence-electron chi connectivity index (χ3n) is 4.77. The van der Waals surface area contributed by atoms with Crippen LogP contribution in [0.25, 0.3) is 5.65 Å². The Balaban J connectivity index is 1.68. The summed E-state index contributed by atoms with van der Waals surface area (Å²) < 4.78 is 11.8. The lowest BCUT2D eigenvalue weighted by molar-refractivity contribution is 0.414. The molecule has 0 fully saturated rings. The maximum absolute atomic E-state index is 6.35. The molecule has 10 nitrogen and oxygen atoms in total. The number of benzene rings is 2. The predicted octanol–water partition coefficient (Wildman–Crippen LogP) is 5.78. The lowest BCUT2D eigenvalue weighted by atomic mass is 10.3. The first kappa shape index (κ1) is 20.9. The van der Waals surface area contributed by atoms with E-state index in [1.165, 1.54) is 4.52 Å². The summed E-state index contributed by atoms with van der Waals surface area (Å²) in [5.41, 5.74) is 10.4. The fourth-order valence-corrected chi connectivity index (χ4v) is 3.03. The van der Waals surface area contributed by atoms with Crippen LogP contribution in [0.2, 0.25) is 0 Å². The first-order valence-electron chi connectivity index (χ1n) is 9.77. The van der Waals surface area contributed by atoms with Crippen molar-refractivity contribution in [3.8, 4) is 11.5 Å². The van der Waals surface area contributed by atoms with Gasteiger partial charge in [0.1, 0.15) is 17.2 Å². The third kappa shape index (κ3) is 4.10. The summed E-state index contributed by atoms with van der Waals surface area (Å²) in [6.07, 6.45) is 0. The monoisotopic (exact) mass is 430 g/mol. The predicted molar refractivity (Wildman–Crippen MR) is 121 cm³/mol. The summed E-state index contributed by atoms with van der Waals surface area (Å²) >= 11 is 0. The van der Waals surface area contributed by atoms with Gasteiger partial charge in [-0.15, -0.1) is 10.2 Å². The summed E-state index contributed by atoms with van der Waals surface area (Å²) in [6.45, 7) is 3.63. The van der Waals surface area contributed by atoms with Crippen LogP contribution in [0, 0.1) is 13.8 Å². The van der Waals surface area contributed by atoms with Crippen LogP contribution in [-0.4, -0.2) is 28.8 Å². The highest BCUT2D eigenvalue weighted by atomic mass is 16.5. The molecular formula is C22H22N8O2. The van der Waals surface area contributed by atoms with E-state index in [-0.39, 0.29) is 0 Å². The molecule has 0 saturated carbocycles. The van der Waals surface area contributed by atoms with E-state index in [1.807, 2.05) is 50.2 Å². The normalized spacial score (nSPS) is 11.6. The number of nitrogens with two attached hydrogens (primary N) is 1. The van der Waals surface area contributed by atoms with Crippen molar-refractivity contribution in [3.05, 3.63) is 59.9 Å². The van der Waals surface area contributed by atoms with Crippen molar-refractivity contribution in [3.63, 3.8) is 0 Å². The quantitative estimate of drug-likeness (QED) is 0.388. The molecule has 0 spiro atoms. The van der Waals surface area contributed by atoms with Gasteiger partial charge in [0.2, 0.25) is 0 Å². The van der Waals surface area contributed by atoms with E-state index in [0.717, 1.165) is 11.5 Å². The minimum atomic E-state index is 0.318. The zero-order chi connectivity index (χ0) is 22.7. The topological polar surface area (TPSA) is 124 Å². The van der Waals surface area contributed by atoms with Gasteiger partial charge in [0.25, 0.3) is 0 Å². The van der Waals surface area contributed by atoms with E-state index in [2.05, 4.69) is 30.5 Å². The minimum absolute atomic E-state index is 0.318. The van der Waals surface area contributed by atoms with Crippen molar-refractivity contribution in [2.75, 3.05) is 20.0 Å². The van der Waals surface area contributed by atoms with E-state index in [4.69, 9.17) is 15.2 Å². The Bertz CT molecular complexity index is 1310. The number of methoxy groups -OCH3 is 2. The number of ether oxygens (including phenoxy) is 2. The van der Waals surface area contributed by atoms with Crippen LogP contribution in [0.1, 0.15) is 11.4 Å². The Hall–Kier alpha value is -4.34. The highest BCUT2D eigenvalue weighted by Gasteiger charge is 2.17. The Morgan fingerprint density at radius 1 is 0.719 bits per heavy atom. The van der Waals surface area contributed by atoms with Gasteiger partial charge in [-0.3, -0.25) is 0 Å². The number of anilines is 1. The van der Waals surface area contributed by atoms with Gasteiger partial charge in [0.15, 0.2) is 17.2 Å². The number of hydrogen-bond acceptors (Lipinski definition) is 9. The van der Waals surface area contributed by atoms with Gasteiger partial charge in [0.05, 0.1) is 37.0 Å². The number of hydrogen-bond donors (Lipinski definition) is 1. The maximum atomic E-state index is 6.35. The second-order valence-corrected chi connectivity index (χ2v) is 6.90. The number of aryl methyl sites for hydroxylation is 2. The molecule has 10 heteroatoms. The number of aromatic nitrogens is 3. The van der Waals surface area contributed by atoms with Crippen molar-refractivity contribution >= 4 is 34.2 Å². The van der Waals surface area contributed by atoms with Crippen molar-refractivity contribution in [1.29, 1.82) is 0 Å². The van der Waals surface area contributed by atoms with E-state index in [1.54, 1.807) is 26.4 Å². The largest absolute Gasteiger partial charge is 0.497 e.